The lowest BCUT2D eigenvalue weighted by Crippen LogP contribution is -2.39. The molecule has 2 aliphatic rings. The Labute approximate surface area is 151 Å². The average molecular weight is 361 g/mol. The number of thioether (sulfide) groups is 1. The molecule has 2 heterocycles. The number of fused-ring (bicyclic) bond motifs is 3. The monoisotopic (exact) mass is 360 g/mol. The van der Waals surface area contributed by atoms with E-state index >= 15 is 0 Å². The van der Waals surface area contributed by atoms with E-state index in [9.17, 15) is 4.79 Å². The molecular formula is C19H21ClN2OS. The Hall–Kier alpha value is -1.23. The summed E-state index contributed by atoms with van der Waals surface area (Å²) in [5.74, 6) is 0.709. The number of halogens is 1. The van der Waals surface area contributed by atoms with Crippen LogP contribution >= 0.6 is 23.4 Å². The van der Waals surface area contributed by atoms with Crippen LogP contribution in [-0.4, -0.2) is 41.7 Å². The van der Waals surface area contributed by atoms with Crippen molar-refractivity contribution in [3.05, 3.63) is 41.4 Å². The zero-order valence-corrected chi connectivity index (χ0v) is 15.1. The number of nitrogens with one attached hydrogen (secondary N) is 1. The molecule has 0 spiro atoms. The van der Waals surface area contributed by atoms with Crippen molar-refractivity contribution in [1.82, 2.24) is 10.2 Å². The molecule has 5 heteroatoms. The van der Waals surface area contributed by atoms with Crippen LogP contribution in [0.1, 0.15) is 19.3 Å². The molecule has 2 bridgehead atoms. The van der Waals surface area contributed by atoms with Gasteiger partial charge in [0.15, 0.2) is 0 Å². The largest absolute Gasteiger partial charge is 0.340 e. The highest BCUT2D eigenvalue weighted by Crippen LogP contribution is 2.33. The Kier molecular flexibility index (Phi) is 4.70. The molecule has 0 aliphatic carbocycles. The number of likely N-dealkylation sites (tertiary alicyclic amines) is 1. The third-order valence-electron chi connectivity index (χ3n) is 5.04. The second kappa shape index (κ2) is 6.95. The fourth-order valence-electron chi connectivity index (χ4n) is 3.78. The van der Waals surface area contributed by atoms with Crippen LogP contribution < -0.4 is 5.32 Å². The maximum absolute atomic E-state index is 12.7. The smallest absolute Gasteiger partial charge is 0.232 e. The summed E-state index contributed by atoms with van der Waals surface area (Å²) in [6, 6.07) is 13.2. The number of benzene rings is 2. The van der Waals surface area contributed by atoms with Crippen molar-refractivity contribution in [2.45, 2.75) is 36.2 Å². The highest BCUT2D eigenvalue weighted by molar-refractivity contribution is 8.00. The quantitative estimate of drug-likeness (QED) is 0.841. The van der Waals surface area contributed by atoms with Gasteiger partial charge in [0.1, 0.15) is 0 Å². The summed E-state index contributed by atoms with van der Waals surface area (Å²) < 4.78 is 0. The predicted molar refractivity (Wildman–Crippen MR) is 101 cm³/mol. The Balaban J connectivity index is 1.46. The lowest BCUT2D eigenvalue weighted by molar-refractivity contribution is -0.128. The van der Waals surface area contributed by atoms with Gasteiger partial charge in [-0.25, -0.2) is 0 Å². The van der Waals surface area contributed by atoms with Crippen molar-refractivity contribution in [3.8, 4) is 0 Å². The van der Waals surface area contributed by atoms with Crippen molar-refractivity contribution < 1.29 is 4.79 Å². The van der Waals surface area contributed by atoms with Gasteiger partial charge in [0.2, 0.25) is 5.91 Å². The lowest BCUT2D eigenvalue weighted by atomic mass is 10.1. The van der Waals surface area contributed by atoms with Crippen LogP contribution in [-0.2, 0) is 4.79 Å². The Morgan fingerprint density at radius 1 is 1.17 bits per heavy atom. The van der Waals surface area contributed by atoms with Crippen LogP contribution in [0.25, 0.3) is 10.8 Å². The second-order valence-electron chi connectivity index (χ2n) is 6.65. The summed E-state index contributed by atoms with van der Waals surface area (Å²) >= 11 is 7.97. The minimum absolute atomic E-state index is 0.235. The van der Waals surface area contributed by atoms with Gasteiger partial charge in [-0.2, -0.15) is 0 Å². The number of amides is 1. The molecule has 0 aromatic heterocycles. The fourth-order valence-corrected chi connectivity index (χ4v) is 5.13. The first kappa shape index (κ1) is 16.2. The zero-order chi connectivity index (χ0) is 16.5. The maximum Gasteiger partial charge on any atom is 0.232 e. The van der Waals surface area contributed by atoms with Crippen molar-refractivity contribution in [2.75, 3.05) is 18.8 Å². The second-order valence-corrected chi connectivity index (χ2v) is 8.07. The topological polar surface area (TPSA) is 32.3 Å². The van der Waals surface area contributed by atoms with E-state index in [0.717, 1.165) is 40.2 Å². The van der Waals surface area contributed by atoms with E-state index in [4.69, 9.17) is 11.6 Å². The highest BCUT2D eigenvalue weighted by atomic mass is 35.5. The standard InChI is InChI=1S/C19H21ClN2OS/c20-16-5-1-3-13-4-2-6-17(19(13)16)24-12-18(23)22-10-9-14-7-8-15(11-22)21-14/h1-6,14-15,21H,7-12H2. The molecule has 3 nitrogen and oxygen atoms in total. The van der Waals surface area contributed by atoms with Gasteiger partial charge in [0.05, 0.1) is 5.75 Å². The summed E-state index contributed by atoms with van der Waals surface area (Å²) in [6.07, 6.45) is 3.53. The van der Waals surface area contributed by atoms with Crippen LogP contribution in [0.2, 0.25) is 5.02 Å². The number of hydrogen-bond donors (Lipinski definition) is 1. The average Bonchev–Trinajstić information content (AvgIpc) is 2.91. The zero-order valence-electron chi connectivity index (χ0n) is 13.5. The Bertz CT molecular complexity index is 761. The SMILES string of the molecule is O=C(CSc1cccc2cccc(Cl)c12)N1CCC2CCC(C1)N2. The van der Waals surface area contributed by atoms with Gasteiger partial charge in [-0.1, -0.05) is 35.9 Å². The van der Waals surface area contributed by atoms with E-state index in [0.29, 0.717) is 17.8 Å². The highest BCUT2D eigenvalue weighted by Gasteiger charge is 2.30. The van der Waals surface area contributed by atoms with Gasteiger partial charge in [-0.05, 0) is 36.8 Å². The number of carbonyl (C=O) groups excluding carboxylic acids is 1. The normalized spacial score (nSPS) is 23.5. The van der Waals surface area contributed by atoms with Crippen LogP contribution in [0.3, 0.4) is 0 Å². The van der Waals surface area contributed by atoms with E-state index in [1.54, 1.807) is 11.8 Å². The van der Waals surface area contributed by atoms with Gasteiger partial charge < -0.3 is 10.2 Å². The molecule has 0 saturated carbocycles. The maximum atomic E-state index is 12.7. The van der Waals surface area contributed by atoms with Gasteiger partial charge in [-0.3, -0.25) is 4.79 Å². The molecule has 1 amide bonds. The van der Waals surface area contributed by atoms with E-state index in [1.807, 2.05) is 23.1 Å². The van der Waals surface area contributed by atoms with E-state index in [-0.39, 0.29) is 5.91 Å². The van der Waals surface area contributed by atoms with Gasteiger partial charge in [-0.15, -0.1) is 11.8 Å². The van der Waals surface area contributed by atoms with Crippen LogP contribution in [0.15, 0.2) is 41.3 Å². The molecule has 2 unspecified atom stereocenters. The summed E-state index contributed by atoms with van der Waals surface area (Å²) in [5, 5.41) is 6.55. The first-order valence-corrected chi connectivity index (χ1v) is 9.91. The summed E-state index contributed by atoms with van der Waals surface area (Å²) in [7, 11) is 0. The summed E-state index contributed by atoms with van der Waals surface area (Å²) in [6.45, 7) is 1.73. The molecule has 2 saturated heterocycles. The Morgan fingerprint density at radius 3 is 2.83 bits per heavy atom. The molecule has 2 aromatic carbocycles. The molecule has 24 heavy (non-hydrogen) atoms. The van der Waals surface area contributed by atoms with Crippen molar-refractivity contribution in [3.63, 3.8) is 0 Å². The first-order chi connectivity index (χ1) is 11.7. The minimum Gasteiger partial charge on any atom is -0.340 e. The molecule has 2 aliphatic heterocycles. The summed E-state index contributed by atoms with van der Waals surface area (Å²) in [4.78, 5) is 15.8. The molecule has 2 aromatic rings. The van der Waals surface area contributed by atoms with Crippen LogP contribution in [0.4, 0.5) is 0 Å². The van der Waals surface area contributed by atoms with E-state index in [1.165, 1.54) is 12.8 Å². The molecular weight excluding hydrogens is 340 g/mol. The molecule has 2 atom stereocenters. The van der Waals surface area contributed by atoms with Crippen molar-refractivity contribution in [1.29, 1.82) is 0 Å². The van der Waals surface area contributed by atoms with Gasteiger partial charge >= 0.3 is 0 Å². The molecule has 126 valence electrons. The third kappa shape index (κ3) is 3.28. The number of rotatable bonds is 3. The van der Waals surface area contributed by atoms with Crippen LogP contribution in [0.5, 0.6) is 0 Å². The third-order valence-corrected chi connectivity index (χ3v) is 6.40. The van der Waals surface area contributed by atoms with Crippen molar-refractivity contribution >= 4 is 40.0 Å². The Morgan fingerprint density at radius 2 is 1.96 bits per heavy atom. The van der Waals surface area contributed by atoms with E-state index < -0.39 is 0 Å². The molecule has 4 rings (SSSR count). The molecule has 0 radical (unpaired) electrons. The summed E-state index contributed by atoms with van der Waals surface area (Å²) in [5.41, 5.74) is 0. The lowest BCUT2D eigenvalue weighted by Gasteiger charge is -2.24. The number of carbonyl (C=O) groups is 1. The van der Waals surface area contributed by atoms with Crippen molar-refractivity contribution in [2.24, 2.45) is 0 Å². The van der Waals surface area contributed by atoms with Gasteiger partial charge in [0.25, 0.3) is 0 Å². The van der Waals surface area contributed by atoms with Gasteiger partial charge in [0, 0.05) is 40.5 Å². The fraction of sp³-hybridized carbons (Fsp3) is 0.421. The number of hydrogen-bond acceptors (Lipinski definition) is 3. The molecule has 2 fully saturated rings. The first-order valence-electron chi connectivity index (χ1n) is 8.54. The number of nitrogens with zero attached hydrogens (tertiary/aromatic N) is 1. The minimum atomic E-state index is 0.235. The molecule has 1 N–H and O–H groups in total. The van der Waals surface area contributed by atoms with E-state index in [2.05, 4.69) is 23.5 Å². The predicted octanol–water partition coefficient (Wildman–Crippen LogP) is 3.94. The van der Waals surface area contributed by atoms with Crippen LogP contribution in [0, 0.1) is 0 Å².